The van der Waals surface area contributed by atoms with Crippen molar-refractivity contribution in [3.05, 3.63) is 58.3 Å². The van der Waals surface area contributed by atoms with Gasteiger partial charge in [-0.1, -0.05) is 25.8 Å². The Hall–Kier alpha value is -3.23. The van der Waals surface area contributed by atoms with Gasteiger partial charge in [0.15, 0.2) is 5.78 Å². The van der Waals surface area contributed by atoms with Gasteiger partial charge in [0.2, 0.25) is 0 Å². The number of anilines is 2. The quantitative estimate of drug-likeness (QED) is 0.484. The van der Waals surface area contributed by atoms with E-state index in [1.54, 1.807) is 0 Å². The van der Waals surface area contributed by atoms with Crippen LogP contribution in [-0.4, -0.2) is 47.9 Å². The van der Waals surface area contributed by atoms with Crippen LogP contribution < -0.4 is 10.6 Å². The number of H-pyrrole nitrogens is 1. The zero-order valence-corrected chi connectivity index (χ0v) is 18.7. The topological polar surface area (TPSA) is 65.4 Å². The molecule has 2 aliphatic carbocycles. The van der Waals surface area contributed by atoms with Crippen molar-refractivity contribution in [2.24, 2.45) is 0 Å². The van der Waals surface area contributed by atoms with Gasteiger partial charge in [0, 0.05) is 71.0 Å². The highest BCUT2D eigenvalue weighted by atomic mass is 16.1. The van der Waals surface area contributed by atoms with Gasteiger partial charge in [0.1, 0.15) is 0 Å². The predicted octanol–water partition coefficient (Wildman–Crippen LogP) is 3.89. The number of ketones is 1. The van der Waals surface area contributed by atoms with E-state index in [9.17, 15) is 4.79 Å². The molecule has 3 N–H and O–H groups in total. The number of fused-ring (bicyclic) bond motifs is 4. The number of hydrogen-bond acceptors (Lipinski definition) is 4. The van der Waals surface area contributed by atoms with E-state index < -0.39 is 0 Å². The number of nitrogens with one attached hydrogen (secondary N) is 1. The van der Waals surface area contributed by atoms with Crippen LogP contribution in [0.15, 0.2) is 30.3 Å². The van der Waals surface area contributed by atoms with Crippen LogP contribution in [-0.2, 0) is 5.41 Å². The maximum atomic E-state index is 13.7. The average Bonchev–Trinajstić information content (AvgIpc) is 3.57. The van der Waals surface area contributed by atoms with E-state index in [0.29, 0.717) is 11.3 Å². The monoisotopic (exact) mass is 424 g/mol. The molecule has 0 amide bonds. The van der Waals surface area contributed by atoms with Gasteiger partial charge in [-0.25, -0.2) is 0 Å². The molecule has 2 aromatic carbocycles. The summed E-state index contributed by atoms with van der Waals surface area (Å²) in [6, 6.07) is 10.6. The van der Waals surface area contributed by atoms with Gasteiger partial charge >= 0.3 is 0 Å². The summed E-state index contributed by atoms with van der Waals surface area (Å²) >= 11 is 0. The van der Waals surface area contributed by atoms with Crippen LogP contribution >= 0.6 is 0 Å². The van der Waals surface area contributed by atoms with Crippen LogP contribution in [0.25, 0.3) is 10.9 Å². The maximum absolute atomic E-state index is 13.7. The first kappa shape index (κ1) is 19.5. The number of terminal acetylenes is 1. The number of nitrogen functional groups attached to an aromatic ring is 1. The Labute approximate surface area is 188 Å². The number of carbonyl (C=O) groups excluding carboxylic acids is 1. The Balaban J connectivity index is 1.47. The van der Waals surface area contributed by atoms with Crippen molar-refractivity contribution < 1.29 is 4.79 Å². The van der Waals surface area contributed by atoms with Crippen molar-refractivity contribution in [1.82, 2.24) is 9.88 Å². The molecular formula is C27H28N4O. The summed E-state index contributed by atoms with van der Waals surface area (Å²) in [6.45, 7) is 8.44. The number of aromatic amines is 1. The summed E-state index contributed by atoms with van der Waals surface area (Å²) in [7, 11) is 0. The smallest absolute Gasteiger partial charge is 0.195 e. The van der Waals surface area contributed by atoms with Gasteiger partial charge in [0.05, 0.1) is 11.3 Å². The van der Waals surface area contributed by atoms with E-state index in [0.717, 1.165) is 71.2 Å². The molecule has 0 atom stereocenters. The second-order valence-electron chi connectivity index (χ2n) is 9.95. The van der Waals surface area contributed by atoms with E-state index in [-0.39, 0.29) is 11.2 Å². The van der Waals surface area contributed by atoms with E-state index in [1.165, 1.54) is 12.8 Å². The SMILES string of the molecule is C#Cc1cc2c(cc1N1CCN(C3CC3)CC1)C(C)(C)c1[nH]c3cc(N)ccc3c1C2=O. The van der Waals surface area contributed by atoms with Crippen LogP contribution in [0.3, 0.4) is 0 Å². The van der Waals surface area contributed by atoms with Gasteiger partial charge < -0.3 is 15.6 Å². The maximum Gasteiger partial charge on any atom is 0.195 e. The molecule has 0 spiro atoms. The number of nitrogens with two attached hydrogens (primary N) is 1. The van der Waals surface area contributed by atoms with Gasteiger partial charge in [0.25, 0.3) is 0 Å². The lowest BCUT2D eigenvalue weighted by Crippen LogP contribution is -2.47. The highest BCUT2D eigenvalue weighted by molar-refractivity contribution is 6.20. The molecule has 1 saturated heterocycles. The number of piperazine rings is 1. The van der Waals surface area contributed by atoms with Crippen LogP contribution in [0, 0.1) is 12.3 Å². The Kier molecular flexibility index (Phi) is 4.03. The van der Waals surface area contributed by atoms with Crippen molar-refractivity contribution >= 4 is 28.1 Å². The highest BCUT2D eigenvalue weighted by Gasteiger charge is 2.41. The Morgan fingerprint density at radius 3 is 2.56 bits per heavy atom. The summed E-state index contributed by atoms with van der Waals surface area (Å²) in [6.07, 6.45) is 8.63. The fourth-order valence-electron chi connectivity index (χ4n) is 5.63. The molecule has 5 nitrogen and oxygen atoms in total. The van der Waals surface area contributed by atoms with Crippen molar-refractivity contribution in [2.75, 3.05) is 36.8 Å². The largest absolute Gasteiger partial charge is 0.399 e. The van der Waals surface area contributed by atoms with E-state index in [2.05, 4.69) is 40.6 Å². The van der Waals surface area contributed by atoms with E-state index >= 15 is 0 Å². The molecule has 1 aromatic heterocycles. The van der Waals surface area contributed by atoms with Gasteiger partial charge in [-0.2, -0.15) is 0 Å². The second-order valence-corrected chi connectivity index (χ2v) is 9.95. The highest BCUT2D eigenvalue weighted by Crippen LogP contribution is 2.45. The molecule has 0 radical (unpaired) electrons. The first-order valence-corrected chi connectivity index (χ1v) is 11.5. The molecule has 32 heavy (non-hydrogen) atoms. The fourth-order valence-corrected chi connectivity index (χ4v) is 5.63. The van der Waals surface area contributed by atoms with E-state index in [1.807, 2.05) is 24.3 Å². The van der Waals surface area contributed by atoms with Crippen LogP contribution in [0.2, 0.25) is 0 Å². The van der Waals surface area contributed by atoms with Crippen molar-refractivity contribution in [3.63, 3.8) is 0 Å². The molecule has 0 unspecified atom stereocenters. The molecule has 5 heteroatoms. The van der Waals surface area contributed by atoms with Crippen LogP contribution in [0.1, 0.15) is 59.4 Å². The molecule has 2 fully saturated rings. The molecule has 6 rings (SSSR count). The number of aromatic nitrogens is 1. The number of carbonyl (C=O) groups is 1. The van der Waals surface area contributed by atoms with Crippen LogP contribution in [0.5, 0.6) is 0 Å². The van der Waals surface area contributed by atoms with Gasteiger partial charge in [-0.3, -0.25) is 9.69 Å². The van der Waals surface area contributed by atoms with E-state index in [4.69, 9.17) is 12.2 Å². The van der Waals surface area contributed by atoms with Crippen molar-refractivity contribution in [2.45, 2.75) is 38.1 Å². The van der Waals surface area contributed by atoms with Gasteiger partial charge in [-0.15, -0.1) is 6.42 Å². The minimum absolute atomic E-state index is 0.0342. The molecule has 1 saturated carbocycles. The molecule has 3 aromatic rings. The molecule has 0 bridgehead atoms. The van der Waals surface area contributed by atoms with Crippen molar-refractivity contribution in [3.8, 4) is 12.3 Å². The lowest BCUT2D eigenvalue weighted by Gasteiger charge is -2.38. The Bertz CT molecular complexity index is 1310. The first-order valence-electron chi connectivity index (χ1n) is 11.5. The predicted molar refractivity (Wildman–Crippen MR) is 129 cm³/mol. The standard InChI is InChI=1S/C27H28N4O/c1-4-16-13-20-21(15-23(16)31-11-9-30(10-12-31)18-6-7-18)27(2,3)26-24(25(20)32)19-8-5-17(28)14-22(19)29-26/h1,5,8,13-15,18,29H,6-7,9-12,28H2,2-3H3. The number of nitrogens with zero attached hydrogens (tertiary/aromatic N) is 2. The summed E-state index contributed by atoms with van der Waals surface area (Å²) in [5.41, 5.74) is 12.6. The van der Waals surface area contributed by atoms with Crippen LogP contribution in [0.4, 0.5) is 11.4 Å². The second kappa shape index (κ2) is 6.63. The molecule has 3 aliphatic rings. The number of rotatable bonds is 2. The van der Waals surface area contributed by atoms with Crippen molar-refractivity contribution in [1.29, 1.82) is 0 Å². The summed E-state index contributed by atoms with van der Waals surface area (Å²) < 4.78 is 0. The fraction of sp³-hybridized carbons (Fsp3) is 0.370. The Morgan fingerprint density at radius 1 is 1.12 bits per heavy atom. The zero-order valence-electron chi connectivity index (χ0n) is 18.7. The third-order valence-electron chi connectivity index (χ3n) is 7.60. The Morgan fingerprint density at radius 2 is 1.88 bits per heavy atom. The minimum atomic E-state index is -0.357. The normalized spacial score (nSPS) is 20.2. The lowest BCUT2D eigenvalue weighted by molar-refractivity contribution is 0.103. The average molecular weight is 425 g/mol. The lowest BCUT2D eigenvalue weighted by atomic mass is 9.70. The third-order valence-corrected chi connectivity index (χ3v) is 7.60. The van der Waals surface area contributed by atoms with Gasteiger partial charge in [-0.05, 0) is 42.7 Å². The molecule has 162 valence electrons. The molecular weight excluding hydrogens is 396 g/mol. The zero-order chi connectivity index (χ0) is 22.2. The third kappa shape index (κ3) is 2.73. The summed E-state index contributed by atoms with van der Waals surface area (Å²) in [4.78, 5) is 22.2. The minimum Gasteiger partial charge on any atom is -0.399 e. The first-order chi connectivity index (χ1) is 15.4. The molecule has 1 aliphatic heterocycles. The number of benzene rings is 2. The summed E-state index contributed by atoms with van der Waals surface area (Å²) in [5.74, 6) is 2.90. The summed E-state index contributed by atoms with van der Waals surface area (Å²) in [5, 5.41) is 0.917. The molecule has 2 heterocycles. The number of hydrogen-bond donors (Lipinski definition) is 2.